The van der Waals surface area contributed by atoms with Gasteiger partial charge in [-0.15, -0.1) is 0 Å². The van der Waals surface area contributed by atoms with Crippen molar-refractivity contribution in [2.24, 2.45) is 11.7 Å². The second kappa shape index (κ2) is 4.63. The second-order valence-corrected chi connectivity index (χ2v) is 4.42. The Morgan fingerprint density at radius 3 is 2.69 bits per heavy atom. The molecule has 2 rings (SSSR count). The lowest BCUT2D eigenvalue weighted by Crippen LogP contribution is -2.19. The maximum absolute atomic E-state index is 13.1. The molecule has 0 aliphatic heterocycles. The summed E-state index contributed by atoms with van der Waals surface area (Å²) in [6.07, 6.45) is 4.73. The predicted octanol–water partition coefficient (Wildman–Crippen LogP) is 2.89. The smallest absolute Gasteiger partial charge is 0.140 e. The zero-order chi connectivity index (χ0) is 11.5. The largest absolute Gasteiger partial charge is 0.324 e. The lowest BCUT2D eigenvalue weighted by atomic mass is 9.91. The molecule has 0 unspecified atom stereocenters. The van der Waals surface area contributed by atoms with E-state index in [2.05, 4.69) is 0 Å². The van der Waals surface area contributed by atoms with Crippen molar-refractivity contribution in [2.75, 3.05) is 0 Å². The number of hydrogen-bond donors (Lipinski definition) is 1. The lowest BCUT2D eigenvalue weighted by molar-refractivity contribution is 0.444. The average Bonchev–Trinajstić information content (AvgIpc) is 2.82. The van der Waals surface area contributed by atoms with Crippen LogP contribution in [0.4, 0.5) is 4.39 Å². The molecule has 1 aromatic rings. The average molecular weight is 218 g/mol. The molecule has 1 atom stereocenters. The van der Waals surface area contributed by atoms with Crippen molar-refractivity contribution in [3.63, 3.8) is 0 Å². The van der Waals surface area contributed by atoms with Crippen LogP contribution in [0.1, 0.15) is 42.9 Å². The molecule has 16 heavy (non-hydrogen) atoms. The van der Waals surface area contributed by atoms with Gasteiger partial charge in [-0.05, 0) is 36.5 Å². The topological polar surface area (TPSA) is 49.8 Å². The summed E-state index contributed by atoms with van der Waals surface area (Å²) in [7, 11) is 0. The van der Waals surface area contributed by atoms with Crippen molar-refractivity contribution in [3.05, 3.63) is 35.1 Å². The molecular weight excluding hydrogens is 203 g/mol. The van der Waals surface area contributed by atoms with Gasteiger partial charge >= 0.3 is 0 Å². The van der Waals surface area contributed by atoms with Gasteiger partial charge in [-0.1, -0.05) is 18.9 Å². The van der Waals surface area contributed by atoms with E-state index in [1.54, 1.807) is 12.1 Å². The molecule has 0 amide bonds. The number of nitriles is 1. The van der Waals surface area contributed by atoms with Crippen LogP contribution in [0.3, 0.4) is 0 Å². The van der Waals surface area contributed by atoms with Crippen LogP contribution >= 0.6 is 0 Å². The number of nitrogens with two attached hydrogens (primary N) is 1. The van der Waals surface area contributed by atoms with Gasteiger partial charge in [0.25, 0.3) is 0 Å². The van der Waals surface area contributed by atoms with Crippen molar-refractivity contribution in [3.8, 4) is 6.07 Å². The van der Waals surface area contributed by atoms with Crippen LogP contribution in [0.2, 0.25) is 0 Å². The molecule has 0 aromatic heterocycles. The summed E-state index contributed by atoms with van der Waals surface area (Å²) in [5, 5.41) is 8.76. The van der Waals surface area contributed by atoms with Crippen LogP contribution < -0.4 is 5.73 Å². The maximum Gasteiger partial charge on any atom is 0.140 e. The minimum absolute atomic E-state index is 0.0600. The molecule has 1 aliphatic carbocycles. The van der Waals surface area contributed by atoms with E-state index in [1.165, 1.54) is 18.9 Å². The van der Waals surface area contributed by atoms with E-state index in [1.807, 2.05) is 6.07 Å². The van der Waals surface area contributed by atoms with Gasteiger partial charge in [-0.3, -0.25) is 0 Å². The molecular formula is C13H15FN2. The van der Waals surface area contributed by atoms with Gasteiger partial charge in [0.2, 0.25) is 0 Å². The molecule has 0 saturated heterocycles. The first-order valence-electron chi connectivity index (χ1n) is 5.67. The van der Waals surface area contributed by atoms with Gasteiger partial charge in [0.15, 0.2) is 0 Å². The fourth-order valence-corrected chi connectivity index (χ4v) is 2.42. The summed E-state index contributed by atoms with van der Waals surface area (Å²) in [4.78, 5) is 0. The summed E-state index contributed by atoms with van der Waals surface area (Å²) < 4.78 is 13.1. The molecule has 0 radical (unpaired) electrons. The van der Waals surface area contributed by atoms with E-state index in [0.29, 0.717) is 5.92 Å². The van der Waals surface area contributed by atoms with Crippen LogP contribution in [0.25, 0.3) is 0 Å². The molecule has 1 saturated carbocycles. The Kier molecular flexibility index (Phi) is 3.21. The fraction of sp³-hybridized carbons (Fsp3) is 0.462. The molecule has 0 bridgehead atoms. The molecule has 1 aromatic carbocycles. The molecule has 3 heteroatoms. The summed E-state index contributed by atoms with van der Waals surface area (Å²) in [5.74, 6) is 0.0156. The monoisotopic (exact) mass is 218 g/mol. The first-order chi connectivity index (χ1) is 7.72. The minimum Gasteiger partial charge on any atom is -0.324 e. The number of rotatable bonds is 2. The van der Waals surface area contributed by atoms with Gasteiger partial charge in [0, 0.05) is 6.04 Å². The lowest BCUT2D eigenvalue weighted by Gasteiger charge is -2.19. The van der Waals surface area contributed by atoms with Crippen LogP contribution in [0.15, 0.2) is 18.2 Å². The summed E-state index contributed by atoms with van der Waals surface area (Å²) >= 11 is 0. The van der Waals surface area contributed by atoms with Crippen molar-refractivity contribution in [2.45, 2.75) is 31.7 Å². The van der Waals surface area contributed by atoms with Crippen molar-refractivity contribution < 1.29 is 4.39 Å². The molecule has 1 aliphatic rings. The van der Waals surface area contributed by atoms with E-state index in [4.69, 9.17) is 11.0 Å². The maximum atomic E-state index is 13.1. The molecule has 2 N–H and O–H groups in total. The van der Waals surface area contributed by atoms with E-state index >= 15 is 0 Å². The Morgan fingerprint density at radius 1 is 1.38 bits per heavy atom. The molecule has 0 spiro atoms. The molecule has 2 nitrogen and oxygen atoms in total. The van der Waals surface area contributed by atoms with Gasteiger partial charge in [0.05, 0.1) is 5.56 Å². The Hall–Kier alpha value is -1.40. The minimum atomic E-state index is -0.468. The van der Waals surface area contributed by atoms with Crippen LogP contribution in [0, 0.1) is 23.1 Å². The number of nitrogens with zero attached hydrogens (tertiary/aromatic N) is 1. The first kappa shape index (κ1) is 11.1. The summed E-state index contributed by atoms with van der Waals surface area (Å²) in [5.41, 5.74) is 7.11. The normalized spacial score (nSPS) is 18.3. The summed E-state index contributed by atoms with van der Waals surface area (Å²) in [6, 6.07) is 6.40. The zero-order valence-corrected chi connectivity index (χ0v) is 9.12. The molecule has 0 heterocycles. The Balaban J connectivity index is 2.23. The van der Waals surface area contributed by atoms with Gasteiger partial charge in [-0.25, -0.2) is 4.39 Å². The fourth-order valence-electron chi connectivity index (χ4n) is 2.42. The molecule has 84 valence electrons. The number of benzene rings is 1. The highest BCUT2D eigenvalue weighted by Crippen LogP contribution is 2.34. The standard InChI is InChI=1S/C13H15FN2/c14-12-6-5-10(7-11(12)8-15)13(16)9-3-1-2-4-9/h5-7,9,13H,1-4,16H2/t13-/m1/s1. The van der Waals surface area contributed by atoms with Crippen molar-refractivity contribution in [1.82, 2.24) is 0 Å². The highest BCUT2D eigenvalue weighted by Gasteiger charge is 2.23. The Morgan fingerprint density at radius 2 is 2.06 bits per heavy atom. The number of hydrogen-bond acceptors (Lipinski definition) is 2. The highest BCUT2D eigenvalue weighted by atomic mass is 19.1. The van der Waals surface area contributed by atoms with Gasteiger partial charge < -0.3 is 5.73 Å². The zero-order valence-electron chi connectivity index (χ0n) is 9.12. The quantitative estimate of drug-likeness (QED) is 0.829. The third-order valence-electron chi connectivity index (χ3n) is 3.40. The predicted molar refractivity (Wildman–Crippen MR) is 60.0 cm³/mol. The number of halogens is 1. The van der Waals surface area contributed by atoms with Gasteiger partial charge in [0.1, 0.15) is 11.9 Å². The highest BCUT2D eigenvalue weighted by molar-refractivity contribution is 5.35. The SMILES string of the molecule is N#Cc1cc([C@H](N)C2CCCC2)ccc1F. The van der Waals surface area contributed by atoms with Crippen LogP contribution in [-0.2, 0) is 0 Å². The van der Waals surface area contributed by atoms with E-state index < -0.39 is 5.82 Å². The third kappa shape index (κ3) is 2.07. The van der Waals surface area contributed by atoms with Crippen LogP contribution in [0.5, 0.6) is 0 Å². The van der Waals surface area contributed by atoms with Crippen molar-refractivity contribution >= 4 is 0 Å². The Bertz CT molecular complexity index is 416. The summed E-state index contributed by atoms with van der Waals surface area (Å²) in [6.45, 7) is 0. The first-order valence-corrected chi connectivity index (χ1v) is 5.67. The van der Waals surface area contributed by atoms with E-state index in [-0.39, 0.29) is 11.6 Å². The third-order valence-corrected chi connectivity index (χ3v) is 3.40. The van der Waals surface area contributed by atoms with Crippen molar-refractivity contribution in [1.29, 1.82) is 5.26 Å². The second-order valence-electron chi connectivity index (χ2n) is 4.42. The van der Waals surface area contributed by atoms with E-state index in [9.17, 15) is 4.39 Å². The molecule has 1 fully saturated rings. The van der Waals surface area contributed by atoms with E-state index in [0.717, 1.165) is 18.4 Å². The van der Waals surface area contributed by atoms with Gasteiger partial charge in [-0.2, -0.15) is 5.26 Å². The Labute approximate surface area is 94.9 Å². The van der Waals surface area contributed by atoms with Crippen LogP contribution in [-0.4, -0.2) is 0 Å².